The zero-order chi connectivity index (χ0) is 26.0. The van der Waals surface area contributed by atoms with Gasteiger partial charge >= 0.3 is 0 Å². The van der Waals surface area contributed by atoms with Crippen LogP contribution < -0.4 is 0 Å². The average Bonchev–Trinajstić information content (AvgIpc) is 2.93. The van der Waals surface area contributed by atoms with E-state index in [1.807, 2.05) is 97.1 Å². The third-order valence-electron chi connectivity index (χ3n) is 6.43. The van der Waals surface area contributed by atoms with Crippen molar-refractivity contribution < 1.29 is 9.59 Å². The molecular formula is C33H34N2O2. The molecular weight excluding hydrogens is 456 g/mol. The average molecular weight is 491 g/mol. The Morgan fingerprint density at radius 3 is 1.30 bits per heavy atom. The molecule has 0 saturated heterocycles. The molecule has 0 aliphatic rings. The quantitative estimate of drug-likeness (QED) is 0.225. The first-order chi connectivity index (χ1) is 18.0. The highest BCUT2D eigenvalue weighted by atomic mass is 16.1. The second kappa shape index (κ2) is 12.9. The Bertz CT molecular complexity index is 1220. The van der Waals surface area contributed by atoms with Gasteiger partial charge < -0.3 is 9.80 Å². The normalized spacial score (nSPS) is 11.1. The molecule has 0 spiro atoms. The second-order valence-corrected chi connectivity index (χ2v) is 9.62. The zero-order valence-corrected chi connectivity index (χ0v) is 21.6. The fourth-order valence-corrected chi connectivity index (χ4v) is 4.53. The van der Waals surface area contributed by atoms with Crippen LogP contribution in [0.15, 0.2) is 109 Å². The van der Waals surface area contributed by atoms with Crippen LogP contribution in [0.4, 0.5) is 0 Å². The molecule has 37 heavy (non-hydrogen) atoms. The molecule has 4 aromatic carbocycles. The number of benzene rings is 4. The molecule has 4 rings (SSSR count). The smallest absolute Gasteiger partial charge is 0.193 e. The lowest BCUT2D eigenvalue weighted by molar-refractivity contribution is 0.103. The summed E-state index contributed by atoms with van der Waals surface area (Å²) in [7, 11) is 4.23. The molecule has 188 valence electrons. The van der Waals surface area contributed by atoms with Crippen molar-refractivity contribution >= 4 is 11.6 Å². The minimum atomic E-state index is 0.0567. The number of carbonyl (C=O) groups is 2. The SMILES string of the molecule is CN(CCCN(C)Cc1cccc(C(=O)c2ccccc2)c1)Cc1cccc(C(=O)c2ccccc2)c1. The molecule has 0 heterocycles. The lowest BCUT2D eigenvalue weighted by Gasteiger charge is -2.21. The largest absolute Gasteiger partial charge is 0.302 e. The predicted molar refractivity (Wildman–Crippen MR) is 150 cm³/mol. The lowest BCUT2D eigenvalue weighted by Crippen LogP contribution is -2.25. The van der Waals surface area contributed by atoms with E-state index >= 15 is 0 Å². The molecule has 0 atom stereocenters. The van der Waals surface area contributed by atoms with Gasteiger partial charge in [-0.2, -0.15) is 0 Å². The van der Waals surface area contributed by atoms with Crippen LogP contribution in [-0.4, -0.2) is 48.6 Å². The van der Waals surface area contributed by atoms with E-state index in [-0.39, 0.29) is 11.6 Å². The van der Waals surface area contributed by atoms with E-state index < -0.39 is 0 Å². The van der Waals surface area contributed by atoms with Gasteiger partial charge in [0.05, 0.1) is 0 Å². The van der Waals surface area contributed by atoms with E-state index in [0.717, 1.165) is 54.9 Å². The highest BCUT2D eigenvalue weighted by Crippen LogP contribution is 2.15. The first-order valence-corrected chi connectivity index (χ1v) is 12.7. The molecule has 0 aliphatic carbocycles. The first kappa shape index (κ1) is 26.2. The maximum Gasteiger partial charge on any atom is 0.193 e. The van der Waals surface area contributed by atoms with Gasteiger partial charge in [0.25, 0.3) is 0 Å². The van der Waals surface area contributed by atoms with Crippen molar-refractivity contribution in [3.63, 3.8) is 0 Å². The monoisotopic (exact) mass is 490 g/mol. The molecule has 0 saturated carbocycles. The van der Waals surface area contributed by atoms with E-state index in [1.165, 1.54) is 0 Å². The van der Waals surface area contributed by atoms with Crippen LogP contribution in [-0.2, 0) is 13.1 Å². The van der Waals surface area contributed by atoms with E-state index in [4.69, 9.17) is 0 Å². The number of ketones is 2. The highest BCUT2D eigenvalue weighted by Gasteiger charge is 2.11. The number of carbonyl (C=O) groups excluding carboxylic acids is 2. The summed E-state index contributed by atoms with van der Waals surface area (Å²) in [5.74, 6) is 0.113. The molecule has 4 heteroatoms. The molecule has 0 fully saturated rings. The van der Waals surface area contributed by atoms with Crippen molar-refractivity contribution in [2.24, 2.45) is 0 Å². The Kier molecular flexibility index (Phi) is 9.14. The minimum Gasteiger partial charge on any atom is -0.302 e. The molecule has 0 N–H and O–H groups in total. The summed E-state index contributed by atoms with van der Waals surface area (Å²) in [5, 5.41) is 0. The van der Waals surface area contributed by atoms with Crippen molar-refractivity contribution in [2.75, 3.05) is 27.2 Å². The first-order valence-electron chi connectivity index (χ1n) is 12.7. The Morgan fingerprint density at radius 2 is 0.892 bits per heavy atom. The Morgan fingerprint density at radius 1 is 0.514 bits per heavy atom. The minimum absolute atomic E-state index is 0.0567. The van der Waals surface area contributed by atoms with Gasteiger partial charge in [0, 0.05) is 35.3 Å². The van der Waals surface area contributed by atoms with Crippen LogP contribution in [0.3, 0.4) is 0 Å². The fourth-order valence-electron chi connectivity index (χ4n) is 4.53. The van der Waals surface area contributed by atoms with Crippen LogP contribution in [0.5, 0.6) is 0 Å². The number of nitrogens with zero attached hydrogens (tertiary/aromatic N) is 2. The fraction of sp³-hybridized carbons (Fsp3) is 0.212. The van der Waals surface area contributed by atoms with Crippen molar-refractivity contribution in [1.29, 1.82) is 0 Å². The Labute approximate surface area is 220 Å². The summed E-state index contributed by atoms with van der Waals surface area (Å²) in [6, 6.07) is 34.7. The maximum atomic E-state index is 12.8. The second-order valence-electron chi connectivity index (χ2n) is 9.62. The van der Waals surface area contributed by atoms with Gasteiger partial charge in [-0.1, -0.05) is 97.1 Å². The Hall–Kier alpha value is -3.86. The van der Waals surface area contributed by atoms with Crippen molar-refractivity contribution in [2.45, 2.75) is 19.5 Å². The van der Waals surface area contributed by atoms with E-state index in [1.54, 1.807) is 0 Å². The summed E-state index contributed by atoms with van der Waals surface area (Å²) in [4.78, 5) is 30.1. The van der Waals surface area contributed by atoms with Crippen molar-refractivity contribution in [1.82, 2.24) is 9.80 Å². The van der Waals surface area contributed by atoms with Gasteiger partial charge in [-0.3, -0.25) is 9.59 Å². The van der Waals surface area contributed by atoms with Gasteiger partial charge in [-0.15, -0.1) is 0 Å². The van der Waals surface area contributed by atoms with Crippen LogP contribution in [0, 0.1) is 0 Å². The molecule has 0 aromatic heterocycles. The molecule has 4 aromatic rings. The van der Waals surface area contributed by atoms with Crippen LogP contribution in [0.2, 0.25) is 0 Å². The number of rotatable bonds is 12. The van der Waals surface area contributed by atoms with E-state index in [2.05, 4.69) is 36.0 Å². The lowest BCUT2D eigenvalue weighted by atomic mass is 10.0. The van der Waals surface area contributed by atoms with Gasteiger partial charge in [0.2, 0.25) is 0 Å². The van der Waals surface area contributed by atoms with Crippen molar-refractivity contribution in [3.05, 3.63) is 143 Å². The van der Waals surface area contributed by atoms with Crippen LogP contribution in [0.25, 0.3) is 0 Å². The van der Waals surface area contributed by atoms with Gasteiger partial charge in [0.15, 0.2) is 11.6 Å². The molecule has 0 bridgehead atoms. The Balaban J connectivity index is 1.25. The third-order valence-corrected chi connectivity index (χ3v) is 6.43. The number of hydrogen-bond donors (Lipinski definition) is 0. The van der Waals surface area contributed by atoms with Gasteiger partial charge in [0.1, 0.15) is 0 Å². The number of hydrogen-bond acceptors (Lipinski definition) is 4. The van der Waals surface area contributed by atoms with E-state index in [9.17, 15) is 9.59 Å². The predicted octanol–water partition coefficient (Wildman–Crippen LogP) is 6.10. The molecule has 4 nitrogen and oxygen atoms in total. The van der Waals surface area contributed by atoms with E-state index in [0.29, 0.717) is 11.1 Å². The van der Waals surface area contributed by atoms with Crippen LogP contribution in [0.1, 0.15) is 49.4 Å². The third kappa shape index (κ3) is 7.56. The van der Waals surface area contributed by atoms with Gasteiger partial charge in [-0.05, 0) is 56.9 Å². The summed E-state index contributed by atoms with van der Waals surface area (Å²) < 4.78 is 0. The maximum absolute atomic E-state index is 12.8. The summed E-state index contributed by atoms with van der Waals surface area (Å²) in [5.41, 5.74) is 5.15. The molecule has 0 radical (unpaired) electrons. The van der Waals surface area contributed by atoms with Crippen molar-refractivity contribution in [3.8, 4) is 0 Å². The standard InChI is InChI=1S/C33H34N2O2/c1-34(24-26-12-9-18-30(22-26)32(36)28-14-5-3-6-15-28)20-11-21-35(2)25-27-13-10-19-31(23-27)33(37)29-16-7-4-8-17-29/h3-10,12-19,22-23H,11,20-21,24-25H2,1-2H3. The zero-order valence-electron chi connectivity index (χ0n) is 21.6. The topological polar surface area (TPSA) is 40.6 Å². The highest BCUT2D eigenvalue weighted by molar-refractivity contribution is 6.09. The molecule has 0 aliphatic heterocycles. The summed E-state index contributed by atoms with van der Waals surface area (Å²) in [6.45, 7) is 3.49. The van der Waals surface area contributed by atoms with Gasteiger partial charge in [-0.25, -0.2) is 0 Å². The summed E-state index contributed by atoms with van der Waals surface area (Å²) >= 11 is 0. The molecule has 0 amide bonds. The summed E-state index contributed by atoms with van der Waals surface area (Å²) in [6.07, 6.45) is 1.03. The molecule has 0 unspecified atom stereocenters. The van der Waals surface area contributed by atoms with Crippen LogP contribution >= 0.6 is 0 Å².